The van der Waals surface area contributed by atoms with E-state index in [2.05, 4.69) is 6.07 Å². The molecule has 2 bridgehead atoms. The zero-order valence-corrected chi connectivity index (χ0v) is 14.0. The zero-order chi connectivity index (χ0) is 15.8. The summed E-state index contributed by atoms with van der Waals surface area (Å²) in [5.74, 6) is 2.57. The van der Waals surface area contributed by atoms with Gasteiger partial charge in [-0.2, -0.15) is 0 Å². The van der Waals surface area contributed by atoms with Gasteiger partial charge in [-0.1, -0.05) is 29.7 Å². The molecule has 2 nitrogen and oxygen atoms in total. The number of phenols is 1. The van der Waals surface area contributed by atoms with Gasteiger partial charge in [0.25, 0.3) is 0 Å². The van der Waals surface area contributed by atoms with Crippen LogP contribution in [0.4, 0.5) is 0 Å². The lowest BCUT2D eigenvalue weighted by molar-refractivity contribution is 0.311. The molecule has 0 spiro atoms. The average Bonchev–Trinajstić information content (AvgIpc) is 2.56. The summed E-state index contributed by atoms with van der Waals surface area (Å²) < 4.78 is 5.89. The molecular weight excluding hydrogens is 284 g/mol. The standard InChI is InChI=1S/C21H26O2/c1-23-21(16-8-4-9-17(22)13-16)20-15-7-5-11-19(20)18-10-3-2-6-14(18)12-15/h4,8-9,13,15,19,22H,2-3,5-7,10-12H2,1H3. The van der Waals surface area contributed by atoms with Crippen molar-refractivity contribution in [1.82, 2.24) is 0 Å². The molecular formula is C21H26O2. The lowest BCUT2D eigenvalue weighted by atomic mass is 9.62. The van der Waals surface area contributed by atoms with Crippen LogP contribution in [-0.4, -0.2) is 12.2 Å². The van der Waals surface area contributed by atoms with E-state index in [1.165, 1.54) is 56.9 Å². The topological polar surface area (TPSA) is 29.5 Å². The molecule has 0 heterocycles. The van der Waals surface area contributed by atoms with Crippen molar-refractivity contribution in [2.24, 2.45) is 11.8 Å². The van der Waals surface area contributed by atoms with Gasteiger partial charge in [-0.15, -0.1) is 0 Å². The molecule has 1 saturated carbocycles. The van der Waals surface area contributed by atoms with E-state index in [0.29, 0.717) is 17.6 Å². The van der Waals surface area contributed by atoms with Crippen molar-refractivity contribution in [3.63, 3.8) is 0 Å². The van der Waals surface area contributed by atoms with Crippen LogP contribution >= 0.6 is 0 Å². The van der Waals surface area contributed by atoms with Crippen molar-refractivity contribution in [1.29, 1.82) is 0 Å². The highest BCUT2D eigenvalue weighted by molar-refractivity contribution is 5.67. The number of benzene rings is 1. The van der Waals surface area contributed by atoms with Gasteiger partial charge in [0.1, 0.15) is 11.5 Å². The minimum absolute atomic E-state index is 0.316. The highest BCUT2D eigenvalue weighted by Crippen LogP contribution is 2.53. The molecule has 2 heteroatoms. The van der Waals surface area contributed by atoms with Crippen molar-refractivity contribution in [2.45, 2.75) is 51.4 Å². The average molecular weight is 310 g/mol. The first-order valence-electron chi connectivity index (χ1n) is 9.06. The van der Waals surface area contributed by atoms with Gasteiger partial charge in [0, 0.05) is 11.5 Å². The normalized spacial score (nSPS) is 29.1. The number of aromatic hydroxyl groups is 1. The van der Waals surface area contributed by atoms with Crippen LogP contribution < -0.4 is 0 Å². The first kappa shape index (κ1) is 14.9. The summed E-state index contributed by atoms with van der Waals surface area (Å²) in [5, 5.41) is 9.86. The molecule has 1 fully saturated rings. The third-order valence-corrected chi connectivity index (χ3v) is 5.98. The Labute approximate surface area is 138 Å². The second kappa shape index (κ2) is 6.07. The summed E-state index contributed by atoms with van der Waals surface area (Å²) in [6.45, 7) is 0. The van der Waals surface area contributed by atoms with Crippen molar-refractivity contribution in [3.8, 4) is 5.75 Å². The van der Waals surface area contributed by atoms with Crippen LogP contribution in [0.2, 0.25) is 0 Å². The molecule has 4 rings (SSSR count). The number of phenolic OH excluding ortho intramolecular Hbond substituents is 1. The predicted molar refractivity (Wildman–Crippen MR) is 93.0 cm³/mol. The fraction of sp³-hybridized carbons (Fsp3) is 0.524. The molecule has 0 aromatic heterocycles. The summed E-state index contributed by atoms with van der Waals surface area (Å²) in [4.78, 5) is 0. The van der Waals surface area contributed by atoms with Gasteiger partial charge < -0.3 is 9.84 Å². The molecule has 1 N–H and O–H groups in total. The van der Waals surface area contributed by atoms with E-state index >= 15 is 0 Å². The molecule has 2 unspecified atom stereocenters. The number of hydrogen-bond donors (Lipinski definition) is 1. The molecule has 0 radical (unpaired) electrons. The monoisotopic (exact) mass is 310 g/mol. The quantitative estimate of drug-likeness (QED) is 0.582. The maximum atomic E-state index is 9.86. The van der Waals surface area contributed by atoms with Gasteiger partial charge in [-0.05, 0) is 68.6 Å². The van der Waals surface area contributed by atoms with Crippen LogP contribution in [0, 0.1) is 11.8 Å². The Bertz CT molecular complexity index is 668. The fourth-order valence-corrected chi connectivity index (χ4v) is 5.07. The molecule has 0 amide bonds. The largest absolute Gasteiger partial charge is 0.508 e. The number of methoxy groups -OCH3 is 1. The Morgan fingerprint density at radius 2 is 2.00 bits per heavy atom. The lowest BCUT2D eigenvalue weighted by Crippen LogP contribution is -2.30. The van der Waals surface area contributed by atoms with E-state index in [9.17, 15) is 5.11 Å². The van der Waals surface area contributed by atoms with E-state index in [1.54, 1.807) is 24.3 Å². The van der Waals surface area contributed by atoms with Crippen LogP contribution in [0.25, 0.3) is 5.76 Å². The van der Waals surface area contributed by atoms with E-state index in [-0.39, 0.29) is 0 Å². The minimum Gasteiger partial charge on any atom is -0.508 e. The van der Waals surface area contributed by atoms with E-state index in [1.807, 2.05) is 12.1 Å². The third-order valence-electron chi connectivity index (χ3n) is 5.98. The van der Waals surface area contributed by atoms with Gasteiger partial charge in [0.05, 0.1) is 7.11 Å². The van der Waals surface area contributed by atoms with E-state index in [0.717, 1.165) is 11.3 Å². The summed E-state index contributed by atoms with van der Waals surface area (Å²) in [6.07, 6.45) is 10.5. The van der Waals surface area contributed by atoms with E-state index < -0.39 is 0 Å². The smallest absolute Gasteiger partial charge is 0.126 e. The Hall–Kier alpha value is -1.70. The van der Waals surface area contributed by atoms with Gasteiger partial charge in [-0.25, -0.2) is 0 Å². The molecule has 0 aliphatic heterocycles. The van der Waals surface area contributed by atoms with Gasteiger partial charge in [-0.3, -0.25) is 0 Å². The van der Waals surface area contributed by atoms with Gasteiger partial charge >= 0.3 is 0 Å². The van der Waals surface area contributed by atoms with Crippen molar-refractivity contribution < 1.29 is 9.84 Å². The maximum absolute atomic E-state index is 9.86. The first-order valence-corrected chi connectivity index (χ1v) is 9.06. The van der Waals surface area contributed by atoms with Crippen LogP contribution in [0.3, 0.4) is 0 Å². The Morgan fingerprint density at radius 3 is 2.83 bits per heavy atom. The summed E-state index contributed by atoms with van der Waals surface area (Å²) in [5.41, 5.74) is 6.04. The maximum Gasteiger partial charge on any atom is 0.126 e. The van der Waals surface area contributed by atoms with Crippen LogP contribution in [0.5, 0.6) is 5.75 Å². The summed E-state index contributed by atoms with van der Waals surface area (Å²) in [6, 6.07) is 7.54. The fourth-order valence-electron chi connectivity index (χ4n) is 5.07. The first-order chi connectivity index (χ1) is 11.3. The number of hydrogen-bond acceptors (Lipinski definition) is 2. The van der Waals surface area contributed by atoms with E-state index in [4.69, 9.17) is 4.74 Å². The molecule has 122 valence electrons. The SMILES string of the molecule is COC(=C1C2CCCC1C1=C(CCCC1)C2)c1cccc(O)c1. The lowest BCUT2D eigenvalue weighted by Gasteiger charge is -2.43. The van der Waals surface area contributed by atoms with Gasteiger partial charge in [0.2, 0.25) is 0 Å². The van der Waals surface area contributed by atoms with Crippen LogP contribution in [0.15, 0.2) is 41.0 Å². The number of ether oxygens (including phenoxy) is 1. The van der Waals surface area contributed by atoms with Gasteiger partial charge in [0.15, 0.2) is 0 Å². The highest BCUT2D eigenvalue weighted by Gasteiger charge is 2.39. The molecule has 2 atom stereocenters. The van der Waals surface area contributed by atoms with Crippen LogP contribution in [-0.2, 0) is 4.74 Å². The second-order valence-corrected chi connectivity index (χ2v) is 7.26. The molecule has 1 aromatic rings. The van der Waals surface area contributed by atoms with Crippen molar-refractivity contribution in [2.75, 3.05) is 7.11 Å². The third kappa shape index (κ3) is 2.58. The molecule has 1 aromatic carbocycles. The second-order valence-electron chi connectivity index (χ2n) is 7.26. The highest BCUT2D eigenvalue weighted by atomic mass is 16.5. The van der Waals surface area contributed by atoms with Crippen LogP contribution in [0.1, 0.15) is 56.9 Å². The predicted octanol–water partition coefficient (Wildman–Crippen LogP) is 5.44. The zero-order valence-electron chi connectivity index (χ0n) is 14.0. The molecule has 23 heavy (non-hydrogen) atoms. The number of fused-ring (bicyclic) bond motifs is 3. The summed E-state index contributed by atoms with van der Waals surface area (Å²) >= 11 is 0. The minimum atomic E-state index is 0.316. The van der Waals surface area contributed by atoms with Crippen molar-refractivity contribution in [3.05, 3.63) is 46.5 Å². The number of rotatable bonds is 2. The number of allylic oxidation sites excluding steroid dienone is 3. The molecule has 0 saturated heterocycles. The molecule has 3 aliphatic rings. The van der Waals surface area contributed by atoms with Crippen molar-refractivity contribution >= 4 is 5.76 Å². The Balaban J connectivity index is 1.84. The Morgan fingerprint density at radius 1 is 1.13 bits per heavy atom. The molecule has 3 aliphatic carbocycles. The summed E-state index contributed by atoms with van der Waals surface area (Å²) in [7, 11) is 1.78. The Kier molecular flexibility index (Phi) is 3.92.